The largest absolute Gasteiger partial charge is 0.377 e. The second-order valence-electron chi connectivity index (χ2n) is 5.42. The highest BCUT2D eigenvalue weighted by atomic mass is 32.2. The molecule has 0 amide bonds. The molecule has 0 bridgehead atoms. The van der Waals surface area contributed by atoms with E-state index in [9.17, 15) is 8.42 Å². The smallest absolute Gasteiger partial charge is 0.244 e. The molecule has 116 valence electrons. The van der Waals surface area contributed by atoms with Gasteiger partial charge in [0.15, 0.2) is 0 Å². The van der Waals surface area contributed by atoms with Crippen LogP contribution in [0, 0.1) is 0 Å². The van der Waals surface area contributed by atoms with Crippen LogP contribution < -0.4 is 0 Å². The predicted octanol–water partition coefficient (Wildman–Crippen LogP) is 1.76. The van der Waals surface area contributed by atoms with E-state index in [0.29, 0.717) is 6.54 Å². The van der Waals surface area contributed by atoms with E-state index in [0.717, 1.165) is 37.4 Å². The van der Waals surface area contributed by atoms with Gasteiger partial charge in [-0.25, -0.2) is 8.42 Å². The van der Waals surface area contributed by atoms with Crippen LogP contribution in [-0.2, 0) is 14.8 Å². The summed E-state index contributed by atoms with van der Waals surface area (Å²) >= 11 is 1.82. The van der Waals surface area contributed by atoms with Crippen LogP contribution in [0.15, 0.2) is 29.4 Å². The number of nitrogens with zero attached hydrogens (tertiary/aromatic N) is 2. The number of hydrogen-bond acceptors (Lipinski definition) is 5. The monoisotopic (exact) mass is 328 g/mol. The first-order valence-corrected chi connectivity index (χ1v) is 9.88. The first kappa shape index (κ1) is 15.3. The van der Waals surface area contributed by atoms with E-state index in [1.165, 1.54) is 6.20 Å². The lowest BCUT2D eigenvalue weighted by atomic mass is 10.2. The van der Waals surface area contributed by atoms with Crippen molar-refractivity contribution in [3.05, 3.63) is 24.5 Å². The lowest BCUT2D eigenvalue weighted by molar-refractivity contribution is 0.0877. The average Bonchev–Trinajstić information content (AvgIpc) is 3.19. The molecule has 2 saturated heterocycles. The fraction of sp³-hybridized carbons (Fsp3) is 0.643. The Bertz CT molecular complexity index is 553. The summed E-state index contributed by atoms with van der Waals surface area (Å²) in [5.41, 5.74) is 0. The number of thioether (sulfide) groups is 1. The summed E-state index contributed by atoms with van der Waals surface area (Å²) in [6, 6.07) is 3.36. The summed E-state index contributed by atoms with van der Waals surface area (Å²) in [4.78, 5) is 4.23. The molecule has 2 aliphatic heterocycles. The van der Waals surface area contributed by atoms with Crippen LogP contribution in [0.25, 0.3) is 0 Å². The highest BCUT2D eigenvalue weighted by Gasteiger charge is 2.36. The zero-order chi connectivity index (χ0) is 14.7. The van der Waals surface area contributed by atoms with Crippen LogP contribution in [-0.4, -0.2) is 54.5 Å². The zero-order valence-corrected chi connectivity index (χ0v) is 13.5. The summed E-state index contributed by atoms with van der Waals surface area (Å²) in [6.07, 6.45) is 5.93. The van der Waals surface area contributed by atoms with Gasteiger partial charge in [-0.15, -0.1) is 0 Å². The molecule has 0 spiro atoms. The summed E-state index contributed by atoms with van der Waals surface area (Å²) in [5, 5.41) is 0. The van der Waals surface area contributed by atoms with Gasteiger partial charge in [-0.05, 0) is 37.1 Å². The average molecular weight is 328 g/mol. The molecule has 3 heterocycles. The van der Waals surface area contributed by atoms with Crippen molar-refractivity contribution in [1.29, 1.82) is 0 Å². The van der Waals surface area contributed by atoms with E-state index in [4.69, 9.17) is 4.74 Å². The SMILES string of the molecule is O=S(=O)(c1cccnc1)N(CC1CCCO1)C1CCSC1. The van der Waals surface area contributed by atoms with Crippen molar-refractivity contribution in [2.24, 2.45) is 0 Å². The molecule has 7 heteroatoms. The molecule has 3 rings (SSSR count). The lowest BCUT2D eigenvalue weighted by Gasteiger charge is -2.29. The van der Waals surface area contributed by atoms with Gasteiger partial charge in [-0.1, -0.05) is 0 Å². The number of ether oxygens (including phenoxy) is 1. The van der Waals surface area contributed by atoms with Gasteiger partial charge in [0.1, 0.15) is 4.90 Å². The minimum atomic E-state index is -3.49. The number of rotatable bonds is 5. The Balaban J connectivity index is 1.86. The molecular weight excluding hydrogens is 308 g/mol. The van der Waals surface area contributed by atoms with Crippen LogP contribution in [0.4, 0.5) is 0 Å². The van der Waals surface area contributed by atoms with Gasteiger partial charge in [-0.3, -0.25) is 4.98 Å². The van der Waals surface area contributed by atoms with E-state index in [1.54, 1.807) is 22.6 Å². The predicted molar refractivity (Wildman–Crippen MR) is 82.8 cm³/mol. The van der Waals surface area contributed by atoms with Crippen molar-refractivity contribution in [1.82, 2.24) is 9.29 Å². The maximum atomic E-state index is 12.9. The fourth-order valence-electron chi connectivity index (χ4n) is 2.82. The van der Waals surface area contributed by atoms with Gasteiger partial charge in [0, 0.05) is 37.3 Å². The van der Waals surface area contributed by atoms with E-state index >= 15 is 0 Å². The van der Waals surface area contributed by atoms with Gasteiger partial charge in [0.05, 0.1) is 6.10 Å². The Morgan fingerprint density at radius 1 is 1.43 bits per heavy atom. The molecule has 21 heavy (non-hydrogen) atoms. The zero-order valence-electron chi connectivity index (χ0n) is 11.8. The minimum Gasteiger partial charge on any atom is -0.377 e. The number of pyridine rings is 1. The van der Waals surface area contributed by atoms with Gasteiger partial charge < -0.3 is 4.74 Å². The van der Waals surface area contributed by atoms with Crippen LogP contribution >= 0.6 is 11.8 Å². The molecule has 0 saturated carbocycles. The van der Waals surface area contributed by atoms with Gasteiger partial charge in [-0.2, -0.15) is 16.1 Å². The van der Waals surface area contributed by atoms with Gasteiger partial charge in [0.25, 0.3) is 0 Å². The Labute approximate surface area is 130 Å². The number of aromatic nitrogens is 1. The first-order valence-electron chi connectivity index (χ1n) is 7.29. The Morgan fingerprint density at radius 2 is 2.33 bits per heavy atom. The fourth-order valence-corrected chi connectivity index (χ4v) is 5.79. The molecule has 0 radical (unpaired) electrons. The second-order valence-corrected chi connectivity index (χ2v) is 8.46. The molecule has 2 unspecified atom stereocenters. The maximum Gasteiger partial charge on any atom is 0.244 e. The van der Waals surface area contributed by atoms with E-state index in [2.05, 4.69) is 4.98 Å². The summed E-state index contributed by atoms with van der Waals surface area (Å²) in [7, 11) is -3.49. The van der Waals surface area contributed by atoms with Crippen molar-refractivity contribution >= 4 is 21.8 Å². The van der Waals surface area contributed by atoms with Crippen molar-refractivity contribution in [2.75, 3.05) is 24.7 Å². The molecule has 1 aromatic heterocycles. The molecule has 1 aromatic rings. The number of sulfonamides is 1. The summed E-state index contributed by atoms with van der Waals surface area (Å²) in [5.74, 6) is 1.89. The van der Waals surface area contributed by atoms with Crippen LogP contribution in [0.5, 0.6) is 0 Å². The first-order chi connectivity index (χ1) is 10.2. The summed E-state index contributed by atoms with van der Waals surface area (Å²) < 4.78 is 33.2. The standard InChI is InChI=1S/C14H20N2O3S2/c17-21(18,14-4-1-6-15-9-14)16(12-5-8-20-11-12)10-13-3-2-7-19-13/h1,4,6,9,12-13H,2-3,5,7-8,10-11H2. The molecule has 0 N–H and O–H groups in total. The lowest BCUT2D eigenvalue weighted by Crippen LogP contribution is -2.44. The second kappa shape index (κ2) is 6.64. The molecule has 0 aromatic carbocycles. The Hall–Kier alpha value is -0.630. The molecular formula is C14H20N2O3S2. The molecule has 2 atom stereocenters. The molecule has 2 aliphatic rings. The van der Waals surface area contributed by atoms with Gasteiger partial charge >= 0.3 is 0 Å². The topological polar surface area (TPSA) is 59.5 Å². The Morgan fingerprint density at radius 3 is 2.95 bits per heavy atom. The minimum absolute atomic E-state index is 0.0297. The van der Waals surface area contributed by atoms with Crippen molar-refractivity contribution in [3.63, 3.8) is 0 Å². The molecule has 2 fully saturated rings. The number of hydrogen-bond donors (Lipinski definition) is 0. The normalized spacial score (nSPS) is 26.5. The van der Waals surface area contributed by atoms with E-state index in [-0.39, 0.29) is 17.0 Å². The van der Waals surface area contributed by atoms with Crippen LogP contribution in [0.3, 0.4) is 0 Å². The highest BCUT2D eigenvalue weighted by Crippen LogP contribution is 2.29. The summed E-state index contributed by atoms with van der Waals surface area (Å²) in [6.45, 7) is 1.20. The van der Waals surface area contributed by atoms with Crippen LogP contribution in [0.1, 0.15) is 19.3 Å². The third kappa shape index (κ3) is 3.41. The molecule has 0 aliphatic carbocycles. The third-order valence-corrected chi connectivity index (χ3v) is 7.01. The van der Waals surface area contributed by atoms with Crippen molar-refractivity contribution < 1.29 is 13.2 Å². The van der Waals surface area contributed by atoms with Crippen molar-refractivity contribution in [3.8, 4) is 0 Å². The van der Waals surface area contributed by atoms with E-state index < -0.39 is 10.0 Å². The third-order valence-electron chi connectivity index (χ3n) is 3.96. The quantitative estimate of drug-likeness (QED) is 0.824. The van der Waals surface area contributed by atoms with Crippen LogP contribution in [0.2, 0.25) is 0 Å². The van der Waals surface area contributed by atoms with Crippen molar-refractivity contribution in [2.45, 2.75) is 36.3 Å². The molecule has 5 nitrogen and oxygen atoms in total. The Kier molecular flexibility index (Phi) is 4.83. The van der Waals surface area contributed by atoms with Gasteiger partial charge in [0.2, 0.25) is 10.0 Å². The highest BCUT2D eigenvalue weighted by molar-refractivity contribution is 7.99. The maximum absolute atomic E-state index is 12.9. The van der Waals surface area contributed by atoms with E-state index in [1.807, 2.05) is 11.8 Å².